The van der Waals surface area contributed by atoms with E-state index >= 15 is 0 Å². The normalized spacial score (nSPS) is 14.6. The Morgan fingerprint density at radius 1 is 1.58 bits per heavy atom. The summed E-state index contributed by atoms with van der Waals surface area (Å²) >= 11 is 0. The molecule has 0 aliphatic heterocycles. The monoisotopic (exact) mass is 265 g/mol. The molecule has 0 spiro atoms. The largest absolute Gasteiger partial charge is 0.397 e. The lowest BCUT2D eigenvalue weighted by Crippen LogP contribution is -2.27. The summed E-state index contributed by atoms with van der Waals surface area (Å²) < 4.78 is 7.37. The van der Waals surface area contributed by atoms with E-state index in [1.54, 1.807) is 12.3 Å². The van der Waals surface area contributed by atoms with Crippen LogP contribution in [-0.4, -0.2) is 30.2 Å². The van der Waals surface area contributed by atoms with Crippen molar-refractivity contribution in [2.24, 2.45) is 5.92 Å². The number of hydrogen-bond acceptors (Lipinski definition) is 3. The maximum atomic E-state index is 12.0. The van der Waals surface area contributed by atoms with Crippen LogP contribution in [0.1, 0.15) is 36.7 Å². The molecule has 1 aromatic heterocycles. The number of carbonyl (C=O) groups is 1. The Kier molecular flexibility index (Phi) is 4.85. The van der Waals surface area contributed by atoms with Crippen molar-refractivity contribution in [2.45, 2.75) is 32.7 Å². The maximum absolute atomic E-state index is 12.0. The van der Waals surface area contributed by atoms with Gasteiger partial charge in [-0.05, 0) is 38.2 Å². The molecule has 1 aliphatic rings. The van der Waals surface area contributed by atoms with Crippen molar-refractivity contribution in [3.05, 3.63) is 18.0 Å². The van der Waals surface area contributed by atoms with Crippen molar-refractivity contribution in [3.8, 4) is 0 Å². The molecule has 106 valence electrons. The summed E-state index contributed by atoms with van der Waals surface area (Å²) in [5.41, 5.74) is 6.95. The number of anilines is 1. The van der Waals surface area contributed by atoms with Crippen LogP contribution in [-0.2, 0) is 11.3 Å². The third kappa shape index (κ3) is 4.28. The fraction of sp³-hybridized carbons (Fsp3) is 0.643. The number of aryl methyl sites for hydroxylation is 1. The number of nitrogens with one attached hydrogen (secondary N) is 1. The molecular weight excluding hydrogens is 242 g/mol. The summed E-state index contributed by atoms with van der Waals surface area (Å²) in [6.07, 6.45) is 5.26. The van der Waals surface area contributed by atoms with Gasteiger partial charge in [0.2, 0.25) is 0 Å². The highest BCUT2D eigenvalue weighted by Crippen LogP contribution is 2.28. The lowest BCUT2D eigenvalue weighted by molar-refractivity contribution is 0.0928. The first-order valence-electron chi connectivity index (χ1n) is 7.02. The van der Waals surface area contributed by atoms with Gasteiger partial charge in [0, 0.05) is 32.5 Å². The Bertz CT molecular complexity index is 424. The maximum Gasteiger partial charge on any atom is 0.267 e. The number of hydrogen-bond donors (Lipinski definition) is 2. The van der Waals surface area contributed by atoms with Crippen LogP contribution in [0.5, 0.6) is 0 Å². The van der Waals surface area contributed by atoms with Gasteiger partial charge >= 0.3 is 0 Å². The number of ether oxygens (including phenoxy) is 1. The van der Waals surface area contributed by atoms with Crippen molar-refractivity contribution in [1.82, 2.24) is 9.88 Å². The molecule has 5 nitrogen and oxygen atoms in total. The summed E-state index contributed by atoms with van der Waals surface area (Å²) in [5.74, 6) is 0.728. The Balaban J connectivity index is 1.65. The number of nitrogen functional groups attached to an aromatic ring is 1. The van der Waals surface area contributed by atoms with Gasteiger partial charge in [-0.3, -0.25) is 4.79 Å². The van der Waals surface area contributed by atoms with Crippen LogP contribution in [0.2, 0.25) is 0 Å². The van der Waals surface area contributed by atoms with E-state index in [-0.39, 0.29) is 5.91 Å². The SMILES string of the molecule is CCn1cc(N)cc1C(=O)NCCCOCC1CC1. The first-order chi connectivity index (χ1) is 9.20. The fourth-order valence-corrected chi connectivity index (χ4v) is 1.99. The van der Waals surface area contributed by atoms with Crippen molar-refractivity contribution < 1.29 is 9.53 Å². The van der Waals surface area contributed by atoms with Gasteiger partial charge in [0.25, 0.3) is 5.91 Å². The molecule has 1 aromatic rings. The molecule has 5 heteroatoms. The predicted octanol–water partition coefficient (Wildman–Crippen LogP) is 1.64. The number of nitrogens with zero attached hydrogens (tertiary/aromatic N) is 1. The van der Waals surface area contributed by atoms with E-state index in [0.717, 1.165) is 25.5 Å². The summed E-state index contributed by atoms with van der Waals surface area (Å²) in [4.78, 5) is 12.0. The molecule has 1 aliphatic carbocycles. The summed E-state index contributed by atoms with van der Waals surface area (Å²) in [6.45, 7) is 4.96. The van der Waals surface area contributed by atoms with E-state index in [1.165, 1.54) is 12.8 Å². The van der Waals surface area contributed by atoms with Gasteiger partial charge in [-0.25, -0.2) is 0 Å². The van der Waals surface area contributed by atoms with Crippen molar-refractivity contribution in [2.75, 3.05) is 25.5 Å². The van der Waals surface area contributed by atoms with Gasteiger partial charge in [0.1, 0.15) is 5.69 Å². The van der Waals surface area contributed by atoms with Crippen molar-refractivity contribution in [3.63, 3.8) is 0 Å². The highest BCUT2D eigenvalue weighted by molar-refractivity contribution is 5.93. The third-order valence-electron chi connectivity index (χ3n) is 3.29. The number of rotatable bonds is 8. The molecule has 0 aromatic carbocycles. The third-order valence-corrected chi connectivity index (χ3v) is 3.29. The predicted molar refractivity (Wildman–Crippen MR) is 75.0 cm³/mol. The van der Waals surface area contributed by atoms with Crippen LogP contribution in [0.15, 0.2) is 12.3 Å². The van der Waals surface area contributed by atoms with E-state index in [2.05, 4.69) is 5.32 Å². The second-order valence-corrected chi connectivity index (χ2v) is 5.07. The van der Waals surface area contributed by atoms with Gasteiger partial charge in [0.05, 0.1) is 5.69 Å². The smallest absolute Gasteiger partial charge is 0.267 e. The Morgan fingerprint density at radius 2 is 2.37 bits per heavy atom. The van der Waals surface area contributed by atoms with Crippen LogP contribution in [0.4, 0.5) is 5.69 Å². The van der Waals surface area contributed by atoms with E-state index in [9.17, 15) is 4.79 Å². The molecule has 0 atom stereocenters. The minimum Gasteiger partial charge on any atom is -0.397 e. The zero-order valence-corrected chi connectivity index (χ0v) is 11.5. The lowest BCUT2D eigenvalue weighted by atomic mass is 10.3. The molecule has 2 rings (SSSR count). The molecule has 1 fully saturated rings. The van der Waals surface area contributed by atoms with Gasteiger partial charge in [-0.2, -0.15) is 0 Å². The zero-order chi connectivity index (χ0) is 13.7. The summed E-state index contributed by atoms with van der Waals surface area (Å²) in [7, 11) is 0. The molecular formula is C14H23N3O2. The van der Waals surface area contributed by atoms with Crippen molar-refractivity contribution in [1.29, 1.82) is 0 Å². The molecule has 0 saturated heterocycles. The Labute approximate surface area is 114 Å². The van der Waals surface area contributed by atoms with E-state index in [4.69, 9.17) is 10.5 Å². The summed E-state index contributed by atoms with van der Waals surface area (Å²) in [6, 6.07) is 1.71. The van der Waals surface area contributed by atoms with Gasteiger partial charge in [-0.1, -0.05) is 0 Å². The van der Waals surface area contributed by atoms with Crippen LogP contribution in [0.25, 0.3) is 0 Å². The van der Waals surface area contributed by atoms with Gasteiger partial charge < -0.3 is 20.4 Å². The first kappa shape index (κ1) is 13.9. The minimum atomic E-state index is -0.0688. The second-order valence-electron chi connectivity index (χ2n) is 5.07. The Morgan fingerprint density at radius 3 is 3.05 bits per heavy atom. The number of carbonyl (C=O) groups excluding carboxylic acids is 1. The number of amides is 1. The highest BCUT2D eigenvalue weighted by Gasteiger charge is 2.20. The molecule has 1 saturated carbocycles. The van der Waals surface area contributed by atoms with E-state index in [1.807, 2.05) is 11.5 Å². The number of aromatic nitrogens is 1. The van der Waals surface area contributed by atoms with Crippen LogP contribution in [0, 0.1) is 5.92 Å². The zero-order valence-electron chi connectivity index (χ0n) is 11.5. The molecule has 0 unspecified atom stereocenters. The van der Waals surface area contributed by atoms with Crippen LogP contribution >= 0.6 is 0 Å². The molecule has 1 heterocycles. The average molecular weight is 265 g/mol. The molecule has 1 amide bonds. The Hall–Kier alpha value is -1.49. The topological polar surface area (TPSA) is 69.3 Å². The lowest BCUT2D eigenvalue weighted by Gasteiger charge is -2.08. The van der Waals surface area contributed by atoms with E-state index < -0.39 is 0 Å². The summed E-state index contributed by atoms with van der Waals surface area (Å²) in [5, 5.41) is 2.90. The fourth-order valence-electron chi connectivity index (χ4n) is 1.99. The minimum absolute atomic E-state index is 0.0688. The van der Waals surface area contributed by atoms with Crippen LogP contribution in [0.3, 0.4) is 0 Å². The van der Waals surface area contributed by atoms with E-state index in [0.29, 0.717) is 24.5 Å². The van der Waals surface area contributed by atoms with Gasteiger partial charge in [-0.15, -0.1) is 0 Å². The molecule has 19 heavy (non-hydrogen) atoms. The molecule has 0 radical (unpaired) electrons. The second kappa shape index (κ2) is 6.61. The first-order valence-corrected chi connectivity index (χ1v) is 7.02. The molecule has 3 N–H and O–H groups in total. The average Bonchev–Trinajstić information content (AvgIpc) is 3.14. The number of nitrogens with two attached hydrogens (primary N) is 1. The van der Waals surface area contributed by atoms with Crippen LogP contribution < -0.4 is 11.1 Å². The van der Waals surface area contributed by atoms with Gasteiger partial charge in [0.15, 0.2) is 0 Å². The highest BCUT2D eigenvalue weighted by atomic mass is 16.5. The quantitative estimate of drug-likeness (QED) is 0.702. The van der Waals surface area contributed by atoms with Crippen molar-refractivity contribution >= 4 is 11.6 Å². The standard InChI is InChI=1S/C14H23N3O2/c1-2-17-9-12(15)8-13(17)14(18)16-6-3-7-19-10-11-4-5-11/h8-9,11H,2-7,10,15H2,1H3,(H,16,18). The molecule has 0 bridgehead atoms.